The molecule has 2 aromatic carbocycles. The molecule has 3 aromatic rings. The Hall–Kier alpha value is -3.39. The van der Waals surface area contributed by atoms with Crippen molar-refractivity contribution in [2.45, 2.75) is 46.1 Å². The minimum Gasteiger partial charge on any atom is -0.497 e. The minimum atomic E-state index is -0.218. The fourth-order valence-electron chi connectivity index (χ4n) is 4.21. The number of benzene rings is 2. The van der Waals surface area contributed by atoms with Gasteiger partial charge in [-0.25, -0.2) is 0 Å². The Bertz CT molecular complexity index is 1170. The Labute approximate surface area is 212 Å². The van der Waals surface area contributed by atoms with E-state index in [2.05, 4.69) is 29.2 Å². The van der Waals surface area contributed by atoms with Crippen LogP contribution in [0.25, 0.3) is 17.0 Å². The van der Waals surface area contributed by atoms with Crippen molar-refractivity contribution in [3.63, 3.8) is 0 Å². The van der Waals surface area contributed by atoms with Crippen LogP contribution < -0.4 is 14.8 Å². The molecule has 1 unspecified atom stereocenters. The summed E-state index contributed by atoms with van der Waals surface area (Å²) in [6.45, 7) is 7.69. The molecule has 1 aromatic heterocycles. The maximum absolute atomic E-state index is 5.83. The number of allylic oxidation sites excluding steroid dienone is 1. The summed E-state index contributed by atoms with van der Waals surface area (Å²) in [5, 5.41) is 8.50. The molecule has 2 heterocycles. The Kier molecular flexibility index (Phi) is 8.02. The first kappa shape index (κ1) is 24.7. The second-order valence-corrected chi connectivity index (χ2v) is 8.78. The first-order valence-electron chi connectivity index (χ1n) is 12.1. The zero-order valence-electron chi connectivity index (χ0n) is 20.7. The fourth-order valence-corrected chi connectivity index (χ4v) is 4.56. The van der Waals surface area contributed by atoms with Gasteiger partial charge in [-0.1, -0.05) is 37.1 Å². The number of hydrogen-bond donors (Lipinski definition) is 1. The lowest BCUT2D eigenvalue weighted by Gasteiger charge is -2.37. The zero-order chi connectivity index (χ0) is 24.8. The van der Waals surface area contributed by atoms with Crippen LogP contribution in [-0.4, -0.2) is 40.4 Å². The lowest BCUT2D eigenvalue weighted by atomic mass is 9.94. The molecule has 8 heteroatoms. The number of aromatic nitrogens is 2. The van der Waals surface area contributed by atoms with Gasteiger partial charge in [0.05, 0.1) is 25.3 Å². The Morgan fingerprint density at radius 2 is 1.74 bits per heavy atom. The molecule has 1 aliphatic rings. The summed E-state index contributed by atoms with van der Waals surface area (Å²) in [5.74, 6) is 2.61. The van der Waals surface area contributed by atoms with E-state index in [1.54, 1.807) is 7.11 Å². The van der Waals surface area contributed by atoms with E-state index in [-0.39, 0.29) is 6.04 Å². The normalized spacial score (nSPS) is 15.8. The quantitative estimate of drug-likeness (QED) is 0.273. The highest BCUT2D eigenvalue weighted by molar-refractivity contribution is 7.80. The van der Waals surface area contributed by atoms with Crippen molar-refractivity contribution in [1.82, 2.24) is 20.4 Å². The van der Waals surface area contributed by atoms with E-state index in [1.165, 1.54) is 0 Å². The highest BCUT2D eigenvalue weighted by Gasteiger charge is 2.33. The molecular weight excluding hydrogens is 460 g/mol. The van der Waals surface area contributed by atoms with Crippen LogP contribution in [0.3, 0.4) is 0 Å². The molecule has 184 valence electrons. The van der Waals surface area contributed by atoms with E-state index in [4.69, 9.17) is 31.2 Å². The highest BCUT2D eigenvalue weighted by atomic mass is 32.1. The summed E-state index contributed by atoms with van der Waals surface area (Å²) >= 11 is 5.78. The van der Waals surface area contributed by atoms with Gasteiger partial charge in [-0.3, -0.25) is 0 Å². The molecule has 0 fully saturated rings. The molecule has 0 radical (unpaired) electrons. The summed E-state index contributed by atoms with van der Waals surface area (Å²) in [4.78, 5) is 6.92. The zero-order valence-corrected chi connectivity index (χ0v) is 21.5. The Morgan fingerprint density at radius 3 is 2.40 bits per heavy atom. The average molecular weight is 493 g/mol. The molecule has 1 atom stereocenters. The van der Waals surface area contributed by atoms with Crippen molar-refractivity contribution >= 4 is 22.9 Å². The van der Waals surface area contributed by atoms with Gasteiger partial charge in [-0.05, 0) is 74.4 Å². The summed E-state index contributed by atoms with van der Waals surface area (Å²) in [6.07, 6.45) is 3.34. The first-order valence-corrected chi connectivity index (χ1v) is 12.5. The van der Waals surface area contributed by atoms with Crippen molar-refractivity contribution in [3.8, 4) is 22.9 Å². The average Bonchev–Trinajstić information content (AvgIpc) is 3.36. The number of thiocarbonyl (C=S) groups is 1. The van der Waals surface area contributed by atoms with Gasteiger partial charge >= 0.3 is 0 Å². The molecule has 1 N–H and O–H groups in total. The van der Waals surface area contributed by atoms with E-state index in [0.717, 1.165) is 59.7 Å². The molecule has 0 saturated heterocycles. The van der Waals surface area contributed by atoms with E-state index in [9.17, 15) is 0 Å². The van der Waals surface area contributed by atoms with Gasteiger partial charge in [-0.2, -0.15) is 4.98 Å². The Morgan fingerprint density at radius 1 is 1.03 bits per heavy atom. The van der Waals surface area contributed by atoms with Crippen LogP contribution in [0.15, 0.2) is 58.8 Å². The van der Waals surface area contributed by atoms with Crippen molar-refractivity contribution in [1.29, 1.82) is 0 Å². The number of unbranched alkanes of at least 4 members (excludes halogenated alkanes) is 2. The van der Waals surface area contributed by atoms with Gasteiger partial charge in [0.25, 0.3) is 5.89 Å². The van der Waals surface area contributed by atoms with Crippen molar-refractivity contribution in [3.05, 3.63) is 65.7 Å². The molecule has 1 aliphatic heterocycles. The number of nitrogens with one attached hydrogen (secondary N) is 1. The molecule has 0 aliphatic carbocycles. The fraction of sp³-hybridized carbons (Fsp3) is 0.370. The SMILES string of the molecule is CCCCCN1C(=S)NC(c2ccc(OC)cc2)C(c2nc(-c3ccc(OCC)cc3)no2)=C1C. The second-order valence-electron chi connectivity index (χ2n) is 8.39. The first-order chi connectivity index (χ1) is 17.0. The summed E-state index contributed by atoms with van der Waals surface area (Å²) < 4.78 is 16.7. The van der Waals surface area contributed by atoms with E-state index in [0.29, 0.717) is 23.4 Å². The van der Waals surface area contributed by atoms with Crippen molar-refractivity contribution in [2.24, 2.45) is 0 Å². The molecule has 0 amide bonds. The van der Waals surface area contributed by atoms with Gasteiger partial charge in [0, 0.05) is 17.8 Å². The highest BCUT2D eigenvalue weighted by Crippen LogP contribution is 2.38. The van der Waals surface area contributed by atoms with Crippen molar-refractivity contribution < 1.29 is 14.0 Å². The van der Waals surface area contributed by atoms with Gasteiger partial charge < -0.3 is 24.2 Å². The predicted molar refractivity (Wildman–Crippen MR) is 141 cm³/mol. The van der Waals surface area contributed by atoms with Crippen LogP contribution in [0.2, 0.25) is 0 Å². The molecule has 0 bridgehead atoms. The van der Waals surface area contributed by atoms with Crippen LogP contribution in [-0.2, 0) is 0 Å². The number of nitrogens with zero attached hydrogens (tertiary/aromatic N) is 3. The topological polar surface area (TPSA) is 72.7 Å². The summed E-state index contributed by atoms with van der Waals surface area (Å²) in [5.41, 5.74) is 3.84. The van der Waals surface area contributed by atoms with Gasteiger partial charge in [-0.15, -0.1) is 0 Å². The number of ether oxygens (including phenoxy) is 2. The van der Waals surface area contributed by atoms with E-state index in [1.807, 2.05) is 55.5 Å². The van der Waals surface area contributed by atoms with Gasteiger partial charge in [0.2, 0.25) is 5.82 Å². The lowest BCUT2D eigenvalue weighted by Crippen LogP contribution is -2.46. The van der Waals surface area contributed by atoms with Crippen LogP contribution in [0.5, 0.6) is 11.5 Å². The van der Waals surface area contributed by atoms with Crippen LogP contribution >= 0.6 is 12.2 Å². The molecule has 0 spiro atoms. The van der Waals surface area contributed by atoms with Crippen LogP contribution in [0.4, 0.5) is 0 Å². The smallest absolute Gasteiger partial charge is 0.258 e. The molecule has 7 nitrogen and oxygen atoms in total. The predicted octanol–water partition coefficient (Wildman–Crippen LogP) is 6.00. The van der Waals surface area contributed by atoms with E-state index >= 15 is 0 Å². The van der Waals surface area contributed by atoms with Gasteiger partial charge in [0.1, 0.15) is 11.5 Å². The Balaban J connectivity index is 1.72. The maximum atomic E-state index is 5.83. The van der Waals surface area contributed by atoms with E-state index < -0.39 is 0 Å². The number of rotatable bonds is 10. The van der Waals surface area contributed by atoms with Crippen LogP contribution in [0.1, 0.15) is 57.5 Å². The van der Waals surface area contributed by atoms with Crippen molar-refractivity contribution in [2.75, 3.05) is 20.3 Å². The standard InChI is InChI=1S/C27H32N4O3S/c1-5-7-8-17-31-18(3)23(24(28-27(31)35)19-9-13-21(32-4)14-10-19)26-29-25(30-34-26)20-11-15-22(16-12-20)33-6-2/h9-16,24H,5-8,17H2,1-4H3,(H,28,35). The lowest BCUT2D eigenvalue weighted by molar-refractivity contribution is 0.340. The summed E-state index contributed by atoms with van der Waals surface area (Å²) in [6, 6.07) is 15.4. The third kappa shape index (κ3) is 5.48. The molecular formula is C27H32N4O3S. The number of hydrogen-bond acceptors (Lipinski definition) is 6. The largest absolute Gasteiger partial charge is 0.497 e. The summed E-state index contributed by atoms with van der Waals surface area (Å²) in [7, 11) is 1.66. The number of methoxy groups -OCH3 is 1. The van der Waals surface area contributed by atoms with Crippen LogP contribution in [0, 0.1) is 0 Å². The monoisotopic (exact) mass is 492 g/mol. The maximum Gasteiger partial charge on any atom is 0.258 e. The second kappa shape index (κ2) is 11.4. The third-order valence-electron chi connectivity index (χ3n) is 6.11. The molecule has 35 heavy (non-hydrogen) atoms. The van der Waals surface area contributed by atoms with Gasteiger partial charge in [0.15, 0.2) is 5.11 Å². The minimum absolute atomic E-state index is 0.218. The molecule has 0 saturated carbocycles. The third-order valence-corrected chi connectivity index (χ3v) is 6.45. The molecule has 4 rings (SSSR count).